The molecule has 0 spiro atoms. The van der Waals surface area contributed by atoms with E-state index >= 15 is 0 Å². The van der Waals surface area contributed by atoms with Crippen molar-refractivity contribution in [1.29, 1.82) is 0 Å². The van der Waals surface area contributed by atoms with Crippen LogP contribution in [0.4, 0.5) is 11.4 Å². The number of amides is 1. The van der Waals surface area contributed by atoms with Crippen molar-refractivity contribution in [3.8, 4) is 0 Å². The molecule has 2 aliphatic heterocycles. The van der Waals surface area contributed by atoms with Crippen molar-refractivity contribution in [3.63, 3.8) is 0 Å². The second kappa shape index (κ2) is 9.91. The summed E-state index contributed by atoms with van der Waals surface area (Å²) in [5.41, 5.74) is 6.24. The van der Waals surface area contributed by atoms with Gasteiger partial charge in [0.15, 0.2) is 0 Å². The molecule has 1 aromatic heterocycles. The molecular formula is C27H32N6O. The zero-order valence-electron chi connectivity index (χ0n) is 19.9. The Bertz CT molecular complexity index is 1140. The molecule has 0 saturated carbocycles. The molecule has 0 aliphatic carbocycles. The molecule has 1 saturated heterocycles. The summed E-state index contributed by atoms with van der Waals surface area (Å²) in [5.74, 6) is 0.291. The van der Waals surface area contributed by atoms with Crippen molar-refractivity contribution in [2.45, 2.75) is 25.9 Å². The van der Waals surface area contributed by atoms with E-state index in [1.54, 1.807) is 6.33 Å². The van der Waals surface area contributed by atoms with Crippen LogP contribution in [0, 0.1) is 0 Å². The average molecular weight is 457 g/mol. The number of benzene rings is 2. The lowest BCUT2D eigenvalue weighted by atomic mass is 9.89. The minimum absolute atomic E-state index is 0.0765. The number of rotatable bonds is 5. The molecule has 3 heterocycles. The lowest BCUT2D eigenvalue weighted by molar-refractivity contribution is 0.102. The van der Waals surface area contributed by atoms with Crippen molar-refractivity contribution < 1.29 is 4.79 Å². The number of hydrogen-bond donors (Lipinski definition) is 1. The Balaban J connectivity index is 1.28. The quantitative estimate of drug-likeness (QED) is 0.633. The smallest absolute Gasteiger partial charge is 0.255 e. The van der Waals surface area contributed by atoms with Gasteiger partial charge >= 0.3 is 0 Å². The predicted molar refractivity (Wildman–Crippen MR) is 135 cm³/mol. The minimum atomic E-state index is -0.0765. The standard InChI is InChI=1S/C27H32N6O/c1-20-16-33(25-14-28-19-29-15-25)18-23-13-22(6-7-26(20)23)27(34)30-24-5-3-4-21(12-24)17-32-10-8-31(2)9-11-32/h3-7,12-15,19-20H,8-11,16-18H2,1-2H3,(H,30,34). The number of hydrogen-bond acceptors (Lipinski definition) is 6. The van der Waals surface area contributed by atoms with Gasteiger partial charge in [0.1, 0.15) is 6.33 Å². The van der Waals surface area contributed by atoms with Crippen molar-refractivity contribution in [1.82, 2.24) is 19.8 Å². The maximum Gasteiger partial charge on any atom is 0.255 e. The molecule has 5 rings (SSSR count). The number of anilines is 2. The second-order valence-electron chi connectivity index (χ2n) is 9.53. The molecule has 0 bridgehead atoms. The van der Waals surface area contributed by atoms with Gasteiger partial charge in [0.05, 0.1) is 18.1 Å². The summed E-state index contributed by atoms with van der Waals surface area (Å²) < 4.78 is 0. The Morgan fingerprint density at radius 2 is 1.85 bits per heavy atom. The van der Waals surface area contributed by atoms with Crippen LogP contribution in [0.2, 0.25) is 0 Å². The molecule has 7 nitrogen and oxygen atoms in total. The lowest BCUT2D eigenvalue weighted by Gasteiger charge is -2.34. The third-order valence-electron chi connectivity index (χ3n) is 6.89. The number of fused-ring (bicyclic) bond motifs is 1. The number of aromatic nitrogens is 2. The summed E-state index contributed by atoms with van der Waals surface area (Å²) in [5, 5.41) is 3.10. The summed E-state index contributed by atoms with van der Waals surface area (Å²) in [6.07, 6.45) is 5.24. The van der Waals surface area contributed by atoms with E-state index in [0.717, 1.165) is 57.2 Å². The molecule has 2 aliphatic rings. The summed E-state index contributed by atoms with van der Waals surface area (Å²) in [7, 11) is 2.17. The number of likely N-dealkylation sites (N-methyl/N-ethyl adjacent to an activating group) is 1. The second-order valence-corrected chi connectivity index (χ2v) is 9.53. The van der Waals surface area contributed by atoms with Crippen LogP contribution in [-0.4, -0.2) is 65.4 Å². The SMILES string of the molecule is CC1CN(c2cncnc2)Cc2cc(C(=O)Nc3cccc(CN4CCN(C)CC4)c3)ccc21. The van der Waals surface area contributed by atoms with E-state index in [4.69, 9.17) is 0 Å². The first-order valence-electron chi connectivity index (χ1n) is 12.0. The zero-order valence-corrected chi connectivity index (χ0v) is 19.9. The highest BCUT2D eigenvalue weighted by atomic mass is 16.1. The van der Waals surface area contributed by atoms with E-state index in [9.17, 15) is 4.79 Å². The molecule has 1 amide bonds. The largest absolute Gasteiger partial charge is 0.364 e. The van der Waals surface area contributed by atoms with Gasteiger partial charge in [0.2, 0.25) is 0 Å². The van der Waals surface area contributed by atoms with Crippen molar-refractivity contribution >= 4 is 17.3 Å². The first-order chi connectivity index (χ1) is 16.5. The molecule has 176 valence electrons. The fourth-order valence-electron chi connectivity index (χ4n) is 4.93. The zero-order chi connectivity index (χ0) is 23.5. The van der Waals surface area contributed by atoms with Crippen LogP contribution >= 0.6 is 0 Å². The normalized spacial score (nSPS) is 19.0. The number of carbonyl (C=O) groups excluding carboxylic acids is 1. The van der Waals surface area contributed by atoms with Crippen molar-refractivity contribution in [2.75, 3.05) is 50.0 Å². The maximum atomic E-state index is 13.1. The predicted octanol–water partition coefficient (Wildman–Crippen LogP) is 3.60. The number of nitrogens with zero attached hydrogens (tertiary/aromatic N) is 5. The van der Waals surface area contributed by atoms with E-state index in [-0.39, 0.29) is 5.91 Å². The lowest BCUT2D eigenvalue weighted by Crippen LogP contribution is -2.43. The molecule has 34 heavy (non-hydrogen) atoms. The summed E-state index contributed by atoms with van der Waals surface area (Å²) >= 11 is 0. The molecule has 3 aromatic rings. The van der Waals surface area contributed by atoms with Gasteiger partial charge in [-0.05, 0) is 53.9 Å². The molecule has 2 aromatic carbocycles. The molecule has 0 radical (unpaired) electrons. The van der Waals surface area contributed by atoms with Crippen LogP contribution in [-0.2, 0) is 13.1 Å². The van der Waals surface area contributed by atoms with Crippen LogP contribution in [0.1, 0.15) is 39.9 Å². The summed E-state index contributed by atoms with van der Waals surface area (Å²) in [6.45, 7) is 9.14. The summed E-state index contributed by atoms with van der Waals surface area (Å²) in [4.78, 5) is 28.5. The highest BCUT2D eigenvalue weighted by Crippen LogP contribution is 2.31. The van der Waals surface area contributed by atoms with Crippen LogP contribution in [0.25, 0.3) is 0 Å². The molecule has 1 unspecified atom stereocenters. The Labute approximate surface area is 201 Å². The highest BCUT2D eigenvalue weighted by molar-refractivity contribution is 6.04. The van der Waals surface area contributed by atoms with Gasteiger partial charge in [-0.2, -0.15) is 0 Å². The highest BCUT2D eigenvalue weighted by Gasteiger charge is 2.24. The third kappa shape index (κ3) is 5.11. The van der Waals surface area contributed by atoms with E-state index in [1.807, 2.05) is 36.7 Å². The third-order valence-corrected chi connectivity index (χ3v) is 6.89. The van der Waals surface area contributed by atoms with Gasteiger partial charge in [-0.1, -0.05) is 25.1 Å². The number of piperazine rings is 1. The van der Waals surface area contributed by atoms with Gasteiger partial charge in [-0.3, -0.25) is 9.69 Å². The van der Waals surface area contributed by atoms with Gasteiger partial charge < -0.3 is 15.1 Å². The van der Waals surface area contributed by atoms with E-state index in [2.05, 4.69) is 62.2 Å². The molecule has 1 N–H and O–H groups in total. The van der Waals surface area contributed by atoms with Gasteiger partial charge in [-0.15, -0.1) is 0 Å². The molecular weight excluding hydrogens is 424 g/mol. The average Bonchev–Trinajstić information content (AvgIpc) is 2.86. The van der Waals surface area contributed by atoms with E-state index in [0.29, 0.717) is 11.5 Å². The van der Waals surface area contributed by atoms with Crippen LogP contribution in [0.3, 0.4) is 0 Å². The Hall–Kier alpha value is -3.29. The molecule has 1 atom stereocenters. The van der Waals surface area contributed by atoms with Crippen molar-refractivity contribution in [2.24, 2.45) is 0 Å². The fourth-order valence-corrected chi connectivity index (χ4v) is 4.93. The molecule has 7 heteroatoms. The first kappa shape index (κ1) is 22.5. The van der Waals surface area contributed by atoms with Crippen LogP contribution in [0.5, 0.6) is 0 Å². The van der Waals surface area contributed by atoms with E-state index in [1.165, 1.54) is 16.7 Å². The molecule has 1 fully saturated rings. The Morgan fingerprint density at radius 3 is 2.65 bits per heavy atom. The number of carbonyl (C=O) groups is 1. The minimum Gasteiger partial charge on any atom is -0.364 e. The van der Waals surface area contributed by atoms with E-state index < -0.39 is 0 Å². The Kier molecular flexibility index (Phi) is 6.56. The summed E-state index contributed by atoms with van der Waals surface area (Å²) in [6, 6.07) is 14.3. The topological polar surface area (TPSA) is 64.6 Å². The van der Waals surface area contributed by atoms with Crippen LogP contribution < -0.4 is 10.2 Å². The van der Waals surface area contributed by atoms with Gasteiger partial charge in [0, 0.05) is 57.1 Å². The monoisotopic (exact) mass is 456 g/mol. The van der Waals surface area contributed by atoms with Gasteiger partial charge in [0.25, 0.3) is 5.91 Å². The first-order valence-corrected chi connectivity index (χ1v) is 12.0. The van der Waals surface area contributed by atoms with Crippen molar-refractivity contribution in [3.05, 3.63) is 83.4 Å². The van der Waals surface area contributed by atoms with Gasteiger partial charge in [-0.25, -0.2) is 9.97 Å². The van der Waals surface area contributed by atoms with Crippen LogP contribution in [0.15, 0.2) is 61.2 Å². The number of nitrogens with one attached hydrogen (secondary N) is 1. The maximum absolute atomic E-state index is 13.1. The fraction of sp³-hybridized carbons (Fsp3) is 0.370. The Morgan fingerprint density at radius 1 is 1.06 bits per heavy atom.